The number of halogens is 1. The molecule has 0 aliphatic heterocycles. The van der Waals surface area contributed by atoms with Gasteiger partial charge in [0.2, 0.25) is 0 Å². The molecule has 0 radical (unpaired) electrons. The number of hydrogen-bond donors (Lipinski definition) is 0. The molecule has 1 fully saturated rings. The number of benzene rings is 2. The summed E-state index contributed by atoms with van der Waals surface area (Å²) < 4.78 is 12.3. The van der Waals surface area contributed by atoms with E-state index in [1.54, 1.807) is 6.08 Å². The molecule has 3 rings (SSSR count). The molecule has 0 nitrogen and oxygen atoms in total. The van der Waals surface area contributed by atoms with Gasteiger partial charge in [-0.15, -0.1) is 0 Å². The first-order valence-corrected chi connectivity index (χ1v) is 9.76. The standard InChI is InChI=1S/C24H29F/c1-2-3-4-19-5-9-21(10-6-19)23-13-15-24(16-14-23)22-11-7-20(8-12-22)17-18-25/h5-6,9-10,13-18,20,22H,2-4,7-8,11-12H2,1H3/t20-,22-. The maximum absolute atomic E-state index is 12.3. The molecule has 0 spiro atoms. The summed E-state index contributed by atoms with van der Waals surface area (Å²) in [6.45, 7) is 2.24. The van der Waals surface area contributed by atoms with E-state index in [0.29, 0.717) is 18.2 Å². The van der Waals surface area contributed by atoms with E-state index in [4.69, 9.17) is 0 Å². The Bertz CT molecular complexity index is 658. The highest BCUT2D eigenvalue weighted by Crippen LogP contribution is 2.37. The smallest absolute Gasteiger partial charge is 0.0829 e. The van der Waals surface area contributed by atoms with Gasteiger partial charge in [-0.3, -0.25) is 0 Å². The van der Waals surface area contributed by atoms with Crippen molar-refractivity contribution < 1.29 is 4.39 Å². The zero-order chi connectivity index (χ0) is 17.5. The summed E-state index contributed by atoms with van der Waals surface area (Å²) >= 11 is 0. The summed E-state index contributed by atoms with van der Waals surface area (Å²) in [6, 6.07) is 18.1. The predicted octanol–water partition coefficient (Wildman–Crippen LogP) is 7.45. The van der Waals surface area contributed by atoms with Crippen molar-refractivity contribution in [1.82, 2.24) is 0 Å². The molecule has 2 aromatic rings. The molecule has 1 heteroatoms. The van der Waals surface area contributed by atoms with Gasteiger partial charge >= 0.3 is 0 Å². The third kappa shape index (κ3) is 4.81. The molecule has 0 bridgehead atoms. The normalized spacial score (nSPS) is 20.9. The second-order valence-corrected chi connectivity index (χ2v) is 7.35. The van der Waals surface area contributed by atoms with Gasteiger partial charge in [0.05, 0.1) is 6.33 Å². The Kier molecular flexibility index (Phi) is 6.44. The fourth-order valence-corrected chi connectivity index (χ4v) is 3.94. The lowest BCUT2D eigenvalue weighted by molar-refractivity contribution is 0.373. The third-order valence-electron chi connectivity index (χ3n) is 5.61. The molecule has 1 aliphatic rings. The Balaban J connectivity index is 1.62. The first-order valence-electron chi connectivity index (χ1n) is 9.76. The molecule has 1 saturated carbocycles. The van der Waals surface area contributed by atoms with Gasteiger partial charge in [0.15, 0.2) is 0 Å². The van der Waals surface area contributed by atoms with Crippen molar-refractivity contribution in [2.24, 2.45) is 5.92 Å². The molecule has 2 aromatic carbocycles. The van der Waals surface area contributed by atoms with Crippen molar-refractivity contribution in [3.05, 3.63) is 72.1 Å². The summed E-state index contributed by atoms with van der Waals surface area (Å²) in [5.41, 5.74) is 5.45. The lowest BCUT2D eigenvalue weighted by Crippen LogP contribution is -2.11. The van der Waals surface area contributed by atoms with Gasteiger partial charge in [-0.2, -0.15) is 0 Å². The second-order valence-electron chi connectivity index (χ2n) is 7.35. The summed E-state index contributed by atoms with van der Waals surface area (Å²) in [4.78, 5) is 0. The van der Waals surface area contributed by atoms with Crippen molar-refractivity contribution in [3.8, 4) is 11.1 Å². The predicted molar refractivity (Wildman–Crippen MR) is 105 cm³/mol. The van der Waals surface area contributed by atoms with Crippen LogP contribution >= 0.6 is 0 Å². The van der Waals surface area contributed by atoms with Crippen LogP contribution < -0.4 is 0 Å². The van der Waals surface area contributed by atoms with E-state index in [1.165, 1.54) is 54.4 Å². The molecule has 0 N–H and O–H groups in total. The number of rotatable bonds is 6. The fourth-order valence-electron chi connectivity index (χ4n) is 3.94. The molecule has 0 amide bonds. The van der Waals surface area contributed by atoms with Gasteiger partial charge in [-0.1, -0.05) is 68.0 Å². The zero-order valence-electron chi connectivity index (χ0n) is 15.3. The van der Waals surface area contributed by atoms with Crippen LogP contribution in [0.25, 0.3) is 11.1 Å². The monoisotopic (exact) mass is 336 g/mol. The Morgan fingerprint density at radius 2 is 1.48 bits per heavy atom. The van der Waals surface area contributed by atoms with Crippen LogP contribution in [0.1, 0.15) is 62.5 Å². The number of aryl methyl sites for hydroxylation is 1. The minimum Gasteiger partial charge on any atom is -0.216 e. The lowest BCUT2D eigenvalue weighted by atomic mass is 9.78. The van der Waals surface area contributed by atoms with E-state index in [0.717, 1.165) is 12.8 Å². The van der Waals surface area contributed by atoms with Gasteiger partial charge in [0, 0.05) is 0 Å². The molecule has 0 saturated heterocycles. The van der Waals surface area contributed by atoms with E-state index in [-0.39, 0.29) is 0 Å². The van der Waals surface area contributed by atoms with Gasteiger partial charge in [0.25, 0.3) is 0 Å². The van der Waals surface area contributed by atoms with Crippen LogP contribution in [-0.2, 0) is 6.42 Å². The molecule has 132 valence electrons. The topological polar surface area (TPSA) is 0 Å². The van der Waals surface area contributed by atoms with E-state index in [1.807, 2.05) is 0 Å². The van der Waals surface area contributed by atoms with Crippen LogP contribution in [0.3, 0.4) is 0 Å². The molecule has 0 atom stereocenters. The molecular formula is C24H29F. The summed E-state index contributed by atoms with van der Waals surface area (Å²) in [5, 5.41) is 0. The van der Waals surface area contributed by atoms with Crippen LogP contribution in [0.2, 0.25) is 0 Å². The SMILES string of the molecule is CCCCc1ccc(-c2ccc([C@H]3CC[C@H](C=CF)CC3)cc2)cc1. The van der Waals surface area contributed by atoms with E-state index >= 15 is 0 Å². The minimum absolute atomic E-state index is 0.437. The minimum atomic E-state index is 0.437. The first kappa shape index (κ1) is 17.9. The van der Waals surface area contributed by atoms with E-state index in [9.17, 15) is 4.39 Å². The highest BCUT2D eigenvalue weighted by molar-refractivity contribution is 5.64. The summed E-state index contributed by atoms with van der Waals surface area (Å²) in [6.07, 6.45) is 10.7. The number of allylic oxidation sites excluding steroid dienone is 1. The molecule has 0 unspecified atom stereocenters. The average molecular weight is 336 g/mol. The van der Waals surface area contributed by atoms with E-state index < -0.39 is 0 Å². The van der Waals surface area contributed by atoms with Crippen molar-refractivity contribution >= 4 is 0 Å². The quantitative estimate of drug-likeness (QED) is 0.514. The molecule has 0 heterocycles. The van der Waals surface area contributed by atoms with Crippen LogP contribution in [0.4, 0.5) is 4.39 Å². The zero-order valence-corrected chi connectivity index (χ0v) is 15.3. The highest BCUT2D eigenvalue weighted by Gasteiger charge is 2.20. The first-order chi connectivity index (χ1) is 12.3. The van der Waals surface area contributed by atoms with Gasteiger partial charge in [-0.25, -0.2) is 4.39 Å². The Labute approximate surface area is 151 Å². The molecule has 1 aliphatic carbocycles. The number of hydrogen-bond acceptors (Lipinski definition) is 0. The van der Waals surface area contributed by atoms with Crippen molar-refractivity contribution in [1.29, 1.82) is 0 Å². The van der Waals surface area contributed by atoms with Gasteiger partial charge in [0.1, 0.15) is 0 Å². The Morgan fingerprint density at radius 1 is 0.880 bits per heavy atom. The van der Waals surface area contributed by atoms with Crippen molar-refractivity contribution in [2.75, 3.05) is 0 Å². The van der Waals surface area contributed by atoms with Crippen LogP contribution in [0.5, 0.6) is 0 Å². The van der Waals surface area contributed by atoms with Gasteiger partial charge < -0.3 is 0 Å². The van der Waals surface area contributed by atoms with Crippen molar-refractivity contribution in [2.45, 2.75) is 57.8 Å². The largest absolute Gasteiger partial charge is 0.216 e. The Morgan fingerprint density at radius 3 is 2.04 bits per heavy atom. The van der Waals surface area contributed by atoms with E-state index in [2.05, 4.69) is 55.5 Å². The number of unbranched alkanes of at least 4 members (excludes halogenated alkanes) is 1. The summed E-state index contributed by atoms with van der Waals surface area (Å²) in [7, 11) is 0. The van der Waals surface area contributed by atoms with Crippen LogP contribution in [-0.4, -0.2) is 0 Å². The molecular weight excluding hydrogens is 307 g/mol. The Hall–Kier alpha value is -1.89. The maximum atomic E-state index is 12.3. The molecule has 0 aromatic heterocycles. The van der Waals surface area contributed by atoms with Crippen LogP contribution in [0, 0.1) is 5.92 Å². The average Bonchev–Trinajstić information content (AvgIpc) is 2.68. The van der Waals surface area contributed by atoms with Crippen LogP contribution in [0.15, 0.2) is 60.9 Å². The lowest BCUT2D eigenvalue weighted by Gasteiger charge is -2.27. The van der Waals surface area contributed by atoms with Gasteiger partial charge in [-0.05, 0) is 72.6 Å². The highest BCUT2D eigenvalue weighted by atomic mass is 19.1. The van der Waals surface area contributed by atoms with Crippen molar-refractivity contribution in [3.63, 3.8) is 0 Å². The molecule has 25 heavy (non-hydrogen) atoms. The fraction of sp³-hybridized carbons (Fsp3) is 0.417. The summed E-state index contributed by atoms with van der Waals surface area (Å²) in [5.74, 6) is 1.07. The third-order valence-corrected chi connectivity index (χ3v) is 5.61. The second kappa shape index (κ2) is 8.99. The maximum Gasteiger partial charge on any atom is 0.0829 e.